The molecule has 1 aromatic carbocycles. The number of nitrogens with one attached hydrogen (secondary N) is 2. The third-order valence-electron chi connectivity index (χ3n) is 6.75. The van der Waals surface area contributed by atoms with Gasteiger partial charge in [0.25, 0.3) is 0 Å². The summed E-state index contributed by atoms with van der Waals surface area (Å²) in [5.41, 5.74) is 0.488. The highest BCUT2D eigenvalue weighted by molar-refractivity contribution is 5.97. The number of likely N-dealkylation sites (tertiary alicyclic amines) is 1. The van der Waals surface area contributed by atoms with Crippen LogP contribution in [0.25, 0.3) is 0 Å². The molecule has 3 rings (SSSR count). The van der Waals surface area contributed by atoms with Crippen molar-refractivity contribution in [3.05, 3.63) is 48.0 Å². The van der Waals surface area contributed by atoms with Crippen LogP contribution in [-0.4, -0.2) is 59.0 Å². The molecule has 2 aliphatic rings. The summed E-state index contributed by atoms with van der Waals surface area (Å²) in [5.74, 6) is -2.38. The van der Waals surface area contributed by atoms with Crippen LogP contribution in [0.4, 0.5) is 0 Å². The Morgan fingerprint density at radius 2 is 1.79 bits per heavy atom. The van der Waals surface area contributed by atoms with Gasteiger partial charge in [0.05, 0.1) is 24.5 Å². The van der Waals surface area contributed by atoms with Crippen LogP contribution >= 0.6 is 0 Å². The van der Waals surface area contributed by atoms with E-state index in [1.165, 1.54) is 0 Å². The van der Waals surface area contributed by atoms with E-state index in [9.17, 15) is 19.5 Å². The molecule has 1 saturated heterocycles. The van der Waals surface area contributed by atoms with E-state index in [4.69, 9.17) is 0 Å². The van der Waals surface area contributed by atoms with E-state index in [0.29, 0.717) is 6.42 Å². The number of amides is 3. The zero-order valence-electron chi connectivity index (χ0n) is 20.2. The molecule has 0 bridgehead atoms. The highest BCUT2D eigenvalue weighted by Crippen LogP contribution is 2.45. The maximum Gasteiger partial charge on any atom is 0.243 e. The molecule has 0 spiro atoms. The summed E-state index contributed by atoms with van der Waals surface area (Å²) in [6.07, 6.45) is 5.07. The van der Waals surface area contributed by atoms with Gasteiger partial charge in [0.2, 0.25) is 17.7 Å². The Bertz CT molecular complexity index is 893. The maximum atomic E-state index is 13.9. The minimum Gasteiger partial charge on any atom is -0.394 e. The average Bonchev–Trinajstić information content (AvgIpc) is 3.08. The van der Waals surface area contributed by atoms with Crippen molar-refractivity contribution < 1.29 is 19.5 Å². The van der Waals surface area contributed by atoms with Crippen molar-refractivity contribution in [2.75, 3.05) is 13.7 Å². The number of fused-ring (bicyclic) bond motifs is 1. The van der Waals surface area contributed by atoms with Gasteiger partial charge in [0.1, 0.15) is 6.04 Å². The second-order valence-electron chi connectivity index (χ2n) is 10.2. The van der Waals surface area contributed by atoms with Crippen LogP contribution in [0.1, 0.15) is 39.7 Å². The number of hydrogen-bond acceptors (Lipinski definition) is 4. The molecule has 7 nitrogen and oxygen atoms in total. The maximum absolute atomic E-state index is 13.9. The first-order chi connectivity index (χ1) is 15.6. The topological polar surface area (TPSA) is 98.7 Å². The molecule has 1 aliphatic heterocycles. The fraction of sp³-hybridized carbons (Fsp3) is 0.577. The number of aliphatic hydroxyl groups excluding tert-OH is 1. The minimum atomic E-state index is -0.788. The molecule has 0 aromatic heterocycles. The number of carbonyl (C=O) groups is 3. The van der Waals surface area contributed by atoms with E-state index in [-0.39, 0.29) is 30.2 Å². The fourth-order valence-electron chi connectivity index (χ4n) is 5.33. The van der Waals surface area contributed by atoms with Gasteiger partial charge in [-0.3, -0.25) is 14.4 Å². The average molecular weight is 456 g/mol. The summed E-state index contributed by atoms with van der Waals surface area (Å²) in [7, 11) is 1.58. The second-order valence-corrected chi connectivity index (χ2v) is 10.2. The Morgan fingerprint density at radius 1 is 1.12 bits per heavy atom. The molecule has 1 heterocycles. The van der Waals surface area contributed by atoms with Crippen LogP contribution < -0.4 is 10.6 Å². The molecule has 3 N–H and O–H groups in total. The lowest BCUT2D eigenvalue weighted by molar-refractivity contribution is -0.143. The molecule has 1 fully saturated rings. The molecule has 7 heteroatoms. The Labute approximate surface area is 196 Å². The normalized spacial score (nSPS) is 27.8. The van der Waals surface area contributed by atoms with Crippen molar-refractivity contribution in [3.8, 4) is 0 Å². The number of aliphatic hydroxyl groups is 1. The monoisotopic (exact) mass is 455 g/mol. The van der Waals surface area contributed by atoms with Crippen LogP contribution in [0, 0.1) is 23.7 Å². The predicted molar refractivity (Wildman–Crippen MR) is 127 cm³/mol. The van der Waals surface area contributed by atoms with Crippen molar-refractivity contribution in [1.82, 2.24) is 15.5 Å². The minimum absolute atomic E-state index is 0.0804. The highest BCUT2D eigenvalue weighted by atomic mass is 16.3. The Morgan fingerprint density at radius 3 is 2.33 bits per heavy atom. The Hall–Kier alpha value is -2.67. The van der Waals surface area contributed by atoms with Gasteiger partial charge >= 0.3 is 0 Å². The molecule has 3 amide bonds. The van der Waals surface area contributed by atoms with Crippen molar-refractivity contribution in [2.24, 2.45) is 23.7 Å². The molecular weight excluding hydrogens is 418 g/mol. The molecular formula is C26H37N3O4. The van der Waals surface area contributed by atoms with E-state index in [0.717, 1.165) is 12.0 Å². The SMILES string of the molecule is CC[C@@H]1C=C[C@H]2[C@@H](C(=O)N([C@@H](CO)Cc3ccccc3)[C@@H]2C(=O)NC(C)(C)C)[C@@H]1C(=O)NC. The van der Waals surface area contributed by atoms with Gasteiger partial charge in [-0.25, -0.2) is 0 Å². The summed E-state index contributed by atoms with van der Waals surface area (Å²) < 4.78 is 0. The third-order valence-corrected chi connectivity index (χ3v) is 6.75. The summed E-state index contributed by atoms with van der Waals surface area (Å²) >= 11 is 0. The lowest BCUT2D eigenvalue weighted by atomic mass is 9.68. The molecule has 1 aliphatic carbocycles. The molecule has 0 radical (unpaired) electrons. The van der Waals surface area contributed by atoms with Gasteiger partial charge in [-0.15, -0.1) is 0 Å². The van der Waals surface area contributed by atoms with Gasteiger partial charge in [-0.2, -0.15) is 0 Å². The summed E-state index contributed by atoms with van der Waals surface area (Å²) in [4.78, 5) is 41.9. The largest absolute Gasteiger partial charge is 0.394 e. The highest BCUT2D eigenvalue weighted by Gasteiger charge is 2.58. The van der Waals surface area contributed by atoms with E-state index < -0.39 is 35.4 Å². The van der Waals surface area contributed by atoms with Crippen LogP contribution in [0.3, 0.4) is 0 Å². The van der Waals surface area contributed by atoms with Crippen LogP contribution in [0.15, 0.2) is 42.5 Å². The van der Waals surface area contributed by atoms with E-state index in [1.54, 1.807) is 11.9 Å². The first-order valence-electron chi connectivity index (χ1n) is 11.8. The van der Waals surface area contributed by atoms with Gasteiger partial charge in [0, 0.05) is 18.5 Å². The molecule has 180 valence electrons. The smallest absolute Gasteiger partial charge is 0.243 e. The Balaban J connectivity index is 2.06. The number of allylic oxidation sites excluding steroid dienone is 1. The number of rotatable bonds is 7. The summed E-state index contributed by atoms with van der Waals surface area (Å²) in [6, 6.07) is 8.27. The number of benzene rings is 1. The molecule has 33 heavy (non-hydrogen) atoms. The van der Waals surface area contributed by atoms with Gasteiger partial charge < -0.3 is 20.6 Å². The first kappa shape index (κ1) is 25.0. The quantitative estimate of drug-likeness (QED) is 0.547. The van der Waals surface area contributed by atoms with Crippen molar-refractivity contribution in [2.45, 2.75) is 58.2 Å². The predicted octanol–water partition coefficient (Wildman–Crippen LogP) is 1.91. The van der Waals surface area contributed by atoms with Crippen LogP contribution in [0.2, 0.25) is 0 Å². The molecule has 0 unspecified atom stereocenters. The van der Waals surface area contributed by atoms with E-state index in [1.807, 2.05) is 70.2 Å². The molecule has 6 atom stereocenters. The first-order valence-corrected chi connectivity index (χ1v) is 11.8. The van der Waals surface area contributed by atoms with Crippen LogP contribution in [0.5, 0.6) is 0 Å². The van der Waals surface area contributed by atoms with Gasteiger partial charge in [-0.05, 0) is 45.1 Å². The van der Waals surface area contributed by atoms with E-state index >= 15 is 0 Å². The zero-order chi connectivity index (χ0) is 24.3. The summed E-state index contributed by atoms with van der Waals surface area (Å²) in [5, 5.41) is 16.1. The third kappa shape index (κ3) is 5.13. The lowest BCUT2D eigenvalue weighted by Gasteiger charge is -2.35. The van der Waals surface area contributed by atoms with Gasteiger partial charge in [0.15, 0.2) is 0 Å². The number of nitrogens with zero attached hydrogens (tertiary/aromatic N) is 1. The van der Waals surface area contributed by atoms with Gasteiger partial charge in [-0.1, -0.05) is 49.4 Å². The van der Waals surface area contributed by atoms with Crippen molar-refractivity contribution in [3.63, 3.8) is 0 Å². The van der Waals surface area contributed by atoms with Crippen LogP contribution in [-0.2, 0) is 20.8 Å². The number of carbonyl (C=O) groups excluding carboxylic acids is 3. The number of hydrogen-bond donors (Lipinski definition) is 3. The molecule has 0 saturated carbocycles. The second kappa shape index (κ2) is 10.1. The fourth-order valence-corrected chi connectivity index (χ4v) is 5.33. The van der Waals surface area contributed by atoms with Crippen molar-refractivity contribution >= 4 is 17.7 Å². The zero-order valence-corrected chi connectivity index (χ0v) is 20.2. The van der Waals surface area contributed by atoms with Crippen molar-refractivity contribution in [1.29, 1.82) is 0 Å². The van der Waals surface area contributed by atoms with E-state index in [2.05, 4.69) is 10.6 Å². The molecule has 1 aromatic rings. The Kier molecular flexibility index (Phi) is 7.62. The summed E-state index contributed by atoms with van der Waals surface area (Å²) in [6.45, 7) is 7.42. The lowest BCUT2D eigenvalue weighted by Crippen LogP contribution is -2.56. The standard InChI is InChI=1S/C26H37N3O4/c1-6-17-12-13-19-21(20(17)23(31)27-5)25(33)29(22(19)24(32)28-26(2,3)4)18(15-30)14-16-10-8-7-9-11-16/h7-13,17-22,30H,6,14-15H2,1-5H3,(H,27,31)(H,28,32)/t17-,18-,19+,20-,21-,22+/m1/s1.